The number of aromatic carboxylic acids is 1. The third-order valence-electron chi connectivity index (χ3n) is 3.28. The number of hydrogen-bond donors (Lipinski definition) is 1. The molecule has 0 atom stereocenters. The molecule has 0 spiro atoms. The molecular weight excluding hydrogens is 376 g/mol. The molecule has 6 heteroatoms. The first-order valence-corrected chi connectivity index (χ1v) is 8.13. The first-order valence-electron chi connectivity index (χ1n) is 7.33. The first-order chi connectivity index (χ1) is 11.4. The molecule has 0 unspecified atom stereocenters. The number of carbonyl (C=O) groups is 2. The Bertz CT molecular complexity index is 755. The number of esters is 1. The van der Waals surface area contributed by atoms with E-state index in [2.05, 4.69) is 15.9 Å². The van der Waals surface area contributed by atoms with Crippen molar-refractivity contribution in [1.82, 2.24) is 0 Å². The number of ether oxygens (including phenoxy) is 2. The zero-order valence-corrected chi connectivity index (χ0v) is 14.9. The molecular formula is C18H17BrO5. The van der Waals surface area contributed by atoms with E-state index < -0.39 is 11.9 Å². The molecule has 0 aromatic heterocycles. The Morgan fingerprint density at radius 3 is 2.50 bits per heavy atom. The standard InChI is InChI=1S/C18H17BrO5/c1-11(2)14-9-12(19)7-8-15(14)23-10-17(20)24-16-6-4-3-5-13(16)18(21)22/h3-9,11H,10H2,1-2H3,(H,21,22). The lowest BCUT2D eigenvalue weighted by molar-refractivity contribution is -0.136. The van der Waals surface area contributed by atoms with E-state index in [1.54, 1.807) is 18.2 Å². The van der Waals surface area contributed by atoms with Crippen molar-refractivity contribution in [2.45, 2.75) is 19.8 Å². The van der Waals surface area contributed by atoms with Crippen molar-refractivity contribution in [1.29, 1.82) is 0 Å². The molecule has 0 saturated carbocycles. The van der Waals surface area contributed by atoms with E-state index in [0.29, 0.717) is 5.75 Å². The number of para-hydroxylation sites is 1. The summed E-state index contributed by atoms with van der Waals surface area (Å²) < 4.78 is 11.6. The van der Waals surface area contributed by atoms with Gasteiger partial charge in [-0.2, -0.15) is 0 Å². The summed E-state index contributed by atoms with van der Waals surface area (Å²) in [5.74, 6) is -1.01. The van der Waals surface area contributed by atoms with Crippen LogP contribution in [0.5, 0.6) is 11.5 Å². The number of rotatable bonds is 6. The fourth-order valence-corrected chi connectivity index (χ4v) is 2.50. The van der Waals surface area contributed by atoms with Gasteiger partial charge in [0.15, 0.2) is 6.61 Å². The fourth-order valence-electron chi connectivity index (χ4n) is 2.12. The van der Waals surface area contributed by atoms with Crippen LogP contribution in [-0.4, -0.2) is 23.7 Å². The van der Waals surface area contributed by atoms with E-state index in [1.807, 2.05) is 26.0 Å². The average Bonchev–Trinajstić information content (AvgIpc) is 2.53. The van der Waals surface area contributed by atoms with E-state index in [4.69, 9.17) is 14.6 Å². The number of carboxylic acids is 1. The van der Waals surface area contributed by atoms with Crippen LogP contribution in [0.25, 0.3) is 0 Å². The molecule has 0 amide bonds. The highest BCUT2D eigenvalue weighted by molar-refractivity contribution is 9.10. The number of benzene rings is 2. The Hall–Kier alpha value is -2.34. The Kier molecular flexibility index (Phi) is 5.98. The summed E-state index contributed by atoms with van der Waals surface area (Å²) in [5, 5.41) is 9.08. The van der Waals surface area contributed by atoms with Crippen LogP contribution in [0.3, 0.4) is 0 Å². The van der Waals surface area contributed by atoms with Crippen molar-refractivity contribution < 1.29 is 24.2 Å². The van der Waals surface area contributed by atoms with Crippen molar-refractivity contribution in [3.63, 3.8) is 0 Å². The molecule has 24 heavy (non-hydrogen) atoms. The summed E-state index contributed by atoms with van der Waals surface area (Å²) in [5.41, 5.74) is 0.889. The van der Waals surface area contributed by atoms with E-state index >= 15 is 0 Å². The largest absolute Gasteiger partial charge is 0.482 e. The van der Waals surface area contributed by atoms with Crippen molar-refractivity contribution in [2.24, 2.45) is 0 Å². The van der Waals surface area contributed by atoms with Crippen molar-refractivity contribution in [3.8, 4) is 11.5 Å². The predicted molar refractivity (Wildman–Crippen MR) is 92.8 cm³/mol. The van der Waals surface area contributed by atoms with Gasteiger partial charge in [-0.1, -0.05) is 41.9 Å². The van der Waals surface area contributed by atoms with Gasteiger partial charge in [0.2, 0.25) is 0 Å². The van der Waals surface area contributed by atoms with Gasteiger partial charge in [0.25, 0.3) is 0 Å². The monoisotopic (exact) mass is 392 g/mol. The minimum absolute atomic E-state index is 0.00140. The maximum absolute atomic E-state index is 12.0. The molecule has 0 aliphatic heterocycles. The summed E-state index contributed by atoms with van der Waals surface area (Å²) in [6, 6.07) is 11.5. The van der Waals surface area contributed by atoms with E-state index in [9.17, 15) is 9.59 Å². The summed E-state index contributed by atoms with van der Waals surface area (Å²) >= 11 is 3.41. The molecule has 0 saturated heterocycles. The highest BCUT2D eigenvalue weighted by Crippen LogP contribution is 2.29. The summed E-state index contributed by atoms with van der Waals surface area (Å²) in [6.45, 7) is 3.74. The van der Waals surface area contributed by atoms with Crippen LogP contribution in [0.15, 0.2) is 46.9 Å². The molecule has 2 aromatic carbocycles. The predicted octanol–water partition coefficient (Wildman–Crippen LogP) is 4.26. The van der Waals surface area contributed by atoms with Crippen molar-refractivity contribution in [3.05, 3.63) is 58.1 Å². The molecule has 1 N–H and O–H groups in total. The van der Waals surface area contributed by atoms with Gasteiger partial charge in [0.1, 0.15) is 17.1 Å². The quantitative estimate of drug-likeness (QED) is 0.587. The van der Waals surface area contributed by atoms with Crippen LogP contribution in [0.2, 0.25) is 0 Å². The second-order valence-electron chi connectivity index (χ2n) is 5.40. The lowest BCUT2D eigenvalue weighted by Gasteiger charge is -2.14. The Morgan fingerprint density at radius 1 is 1.12 bits per heavy atom. The smallest absolute Gasteiger partial charge is 0.349 e. The number of carbonyl (C=O) groups excluding carboxylic acids is 1. The molecule has 0 fully saturated rings. The fraction of sp³-hybridized carbons (Fsp3) is 0.222. The molecule has 5 nitrogen and oxygen atoms in total. The van der Waals surface area contributed by atoms with Crippen LogP contribution in [0.1, 0.15) is 35.7 Å². The van der Waals surface area contributed by atoms with E-state index in [-0.39, 0.29) is 23.8 Å². The van der Waals surface area contributed by atoms with Gasteiger partial charge in [0, 0.05) is 4.47 Å². The van der Waals surface area contributed by atoms with Gasteiger partial charge in [0.05, 0.1) is 0 Å². The van der Waals surface area contributed by atoms with Gasteiger partial charge in [-0.25, -0.2) is 9.59 Å². The zero-order valence-electron chi connectivity index (χ0n) is 13.3. The Morgan fingerprint density at radius 2 is 1.83 bits per heavy atom. The number of carboxylic acid groups (broad SMARTS) is 1. The molecule has 0 aliphatic rings. The number of hydrogen-bond acceptors (Lipinski definition) is 4. The van der Waals surface area contributed by atoms with Crippen molar-refractivity contribution >= 4 is 27.9 Å². The summed E-state index contributed by atoms with van der Waals surface area (Å²) in [4.78, 5) is 23.1. The Balaban J connectivity index is 2.06. The molecule has 0 radical (unpaired) electrons. The molecule has 2 aromatic rings. The van der Waals surface area contributed by atoms with Gasteiger partial charge in [-0.15, -0.1) is 0 Å². The third-order valence-corrected chi connectivity index (χ3v) is 3.77. The molecule has 0 bridgehead atoms. The van der Waals surface area contributed by atoms with Crippen LogP contribution in [-0.2, 0) is 4.79 Å². The second kappa shape index (κ2) is 7.97. The topological polar surface area (TPSA) is 72.8 Å². The normalized spacial score (nSPS) is 10.5. The highest BCUT2D eigenvalue weighted by Gasteiger charge is 2.15. The van der Waals surface area contributed by atoms with Gasteiger partial charge in [-0.05, 0) is 41.8 Å². The molecule has 0 aliphatic carbocycles. The molecule has 0 heterocycles. The lowest BCUT2D eigenvalue weighted by atomic mass is 10.0. The second-order valence-corrected chi connectivity index (χ2v) is 6.32. The van der Waals surface area contributed by atoms with E-state index in [0.717, 1.165) is 10.0 Å². The van der Waals surface area contributed by atoms with Gasteiger partial charge >= 0.3 is 11.9 Å². The summed E-state index contributed by atoms with van der Waals surface area (Å²) in [6.07, 6.45) is 0. The van der Waals surface area contributed by atoms with Gasteiger partial charge < -0.3 is 14.6 Å². The van der Waals surface area contributed by atoms with E-state index in [1.165, 1.54) is 12.1 Å². The minimum atomic E-state index is -1.16. The van der Waals surface area contributed by atoms with Crippen LogP contribution in [0.4, 0.5) is 0 Å². The first kappa shape index (κ1) is 18.0. The SMILES string of the molecule is CC(C)c1cc(Br)ccc1OCC(=O)Oc1ccccc1C(=O)O. The summed E-state index contributed by atoms with van der Waals surface area (Å²) in [7, 11) is 0. The minimum Gasteiger partial charge on any atom is -0.482 e. The maximum Gasteiger partial charge on any atom is 0.349 e. The Labute approximate surface area is 148 Å². The molecule has 126 valence electrons. The van der Waals surface area contributed by atoms with Crippen molar-refractivity contribution in [2.75, 3.05) is 6.61 Å². The van der Waals surface area contributed by atoms with Crippen LogP contribution in [0, 0.1) is 0 Å². The molecule has 2 rings (SSSR count). The maximum atomic E-state index is 12.0. The van der Waals surface area contributed by atoms with Crippen LogP contribution >= 0.6 is 15.9 Å². The number of halogens is 1. The van der Waals surface area contributed by atoms with Crippen LogP contribution < -0.4 is 9.47 Å². The van der Waals surface area contributed by atoms with Gasteiger partial charge in [-0.3, -0.25) is 0 Å². The zero-order chi connectivity index (χ0) is 17.7. The highest BCUT2D eigenvalue weighted by atomic mass is 79.9. The average molecular weight is 393 g/mol. The third kappa shape index (κ3) is 4.58. The lowest BCUT2D eigenvalue weighted by Crippen LogP contribution is -2.19.